The summed E-state index contributed by atoms with van der Waals surface area (Å²) in [4.78, 5) is 2.31. The molecule has 2 aromatic rings. The molecule has 1 aromatic heterocycles. The molecule has 0 radical (unpaired) electrons. The van der Waals surface area contributed by atoms with Crippen molar-refractivity contribution in [3.05, 3.63) is 59.4 Å². The average molecular weight is 383 g/mol. The number of nitrogens with zero attached hydrogens (tertiary/aromatic N) is 2. The van der Waals surface area contributed by atoms with Gasteiger partial charge in [0.15, 0.2) is 0 Å². The highest BCUT2D eigenvalue weighted by atomic mass is 16.5. The molecule has 152 valence electrons. The highest BCUT2D eigenvalue weighted by Gasteiger charge is 2.15. The second kappa shape index (κ2) is 11.7. The lowest BCUT2D eigenvalue weighted by atomic mass is 10.1. The van der Waals surface area contributed by atoms with E-state index in [-0.39, 0.29) is 13.2 Å². The minimum absolute atomic E-state index is 0.238. The van der Waals surface area contributed by atoms with E-state index in [0.717, 1.165) is 26.1 Å². The van der Waals surface area contributed by atoms with Crippen LogP contribution in [0.15, 0.2) is 42.6 Å². The zero-order valence-electron chi connectivity index (χ0n) is 17.5. The SMILES string of the molecule is C#CCOC[C@H](O)CN(CCC(C)C)Cc1cccn1Cc1ccccc1C. The van der Waals surface area contributed by atoms with Gasteiger partial charge in [-0.15, -0.1) is 6.42 Å². The van der Waals surface area contributed by atoms with Gasteiger partial charge in [0.1, 0.15) is 6.61 Å². The Labute approximate surface area is 170 Å². The molecule has 1 atom stereocenters. The number of hydrogen-bond acceptors (Lipinski definition) is 3. The third-order valence-electron chi connectivity index (χ3n) is 4.90. The first kappa shape index (κ1) is 22.2. The number of aliphatic hydroxyl groups excluding tert-OH is 1. The largest absolute Gasteiger partial charge is 0.389 e. The number of terminal acetylenes is 1. The number of aryl methyl sites for hydroxylation is 1. The van der Waals surface area contributed by atoms with Crippen molar-refractivity contribution in [3.8, 4) is 12.3 Å². The highest BCUT2D eigenvalue weighted by Crippen LogP contribution is 2.15. The number of aromatic nitrogens is 1. The standard InChI is InChI=1S/C24H34N2O2/c1-5-15-28-19-24(27)18-25(14-12-20(2)3)17-23-11-8-13-26(23)16-22-10-7-6-9-21(22)4/h1,6-11,13,20,24,27H,12,14-19H2,2-4H3/t24-/m1/s1. The van der Waals surface area contributed by atoms with E-state index in [4.69, 9.17) is 11.2 Å². The van der Waals surface area contributed by atoms with Crippen molar-refractivity contribution in [2.24, 2.45) is 5.92 Å². The van der Waals surface area contributed by atoms with Crippen molar-refractivity contribution < 1.29 is 9.84 Å². The molecule has 0 saturated carbocycles. The number of hydrogen-bond donors (Lipinski definition) is 1. The first-order chi connectivity index (χ1) is 13.5. The van der Waals surface area contributed by atoms with Gasteiger partial charge in [0.2, 0.25) is 0 Å². The summed E-state index contributed by atoms with van der Waals surface area (Å²) in [6, 6.07) is 12.8. The molecule has 0 fully saturated rings. The van der Waals surface area contributed by atoms with Crippen molar-refractivity contribution in [2.75, 3.05) is 26.3 Å². The maximum absolute atomic E-state index is 10.3. The topological polar surface area (TPSA) is 37.6 Å². The van der Waals surface area contributed by atoms with Crippen molar-refractivity contribution in [2.45, 2.75) is 46.4 Å². The van der Waals surface area contributed by atoms with E-state index in [2.05, 4.69) is 78.8 Å². The lowest BCUT2D eigenvalue weighted by Gasteiger charge is -2.26. The number of ether oxygens (including phenoxy) is 1. The van der Waals surface area contributed by atoms with Gasteiger partial charge in [0.25, 0.3) is 0 Å². The van der Waals surface area contributed by atoms with Crippen LogP contribution in [0.3, 0.4) is 0 Å². The molecule has 4 heteroatoms. The zero-order valence-corrected chi connectivity index (χ0v) is 17.5. The summed E-state index contributed by atoms with van der Waals surface area (Å²) < 4.78 is 7.60. The van der Waals surface area contributed by atoms with Gasteiger partial charge in [-0.25, -0.2) is 0 Å². The van der Waals surface area contributed by atoms with Gasteiger partial charge in [-0.3, -0.25) is 4.90 Å². The molecule has 28 heavy (non-hydrogen) atoms. The number of benzene rings is 1. The van der Waals surface area contributed by atoms with E-state index < -0.39 is 6.10 Å². The van der Waals surface area contributed by atoms with Gasteiger partial charge >= 0.3 is 0 Å². The lowest BCUT2D eigenvalue weighted by molar-refractivity contribution is 0.0248. The van der Waals surface area contributed by atoms with Gasteiger partial charge in [-0.2, -0.15) is 0 Å². The quantitative estimate of drug-likeness (QED) is 0.449. The molecular formula is C24H34N2O2. The molecule has 1 heterocycles. The van der Waals surface area contributed by atoms with E-state index >= 15 is 0 Å². The minimum atomic E-state index is -0.541. The van der Waals surface area contributed by atoms with E-state index in [9.17, 15) is 5.11 Å². The molecule has 2 rings (SSSR count). The normalized spacial score (nSPS) is 12.5. The predicted octanol–water partition coefficient (Wildman–Crippen LogP) is 3.70. The summed E-state index contributed by atoms with van der Waals surface area (Å²) in [6.45, 7) is 10.3. The van der Waals surface area contributed by atoms with Crippen LogP contribution in [-0.4, -0.2) is 47.0 Å². The summed E-state index contributed by atoms with van der Waals surface area (Å²) in [5.74, 6) is 3.06. The van der Waals surface area contributed by atoms with Crippen LogP contribution in [0.1, 0.15) is 37.1 Å². The van der Waals surface area contributed by atoms with Crippen molar-refractivity contribution >= 4 is 0 Å². The van der Waals surface area contributed by atoms with Crippen LogP contribution in [-0.2, 0) is 17.8 Å². The van der Waals surface area contributed by atoms with E-state index in [1.807, 2.05) is 0 Å². The summed E-state index contributed by atoms with van der Waals surface area (Å²) >= 11 is 0. The van der Waals surface area contributed by atoms with Crippen molar-refractivity contribution in [3.63, 3.8) is 0 Å². The van der Waals surface area contributed by atoms with Crippen molar-refractivity contribution in [1.29, 1.82) is 0 Å². The first-order valence-corrected chi connectivity index (χ1v) is 10.1. The van der Waals surface area contributed by atoms with Crippen LogP contribution in [0.5, 0.6) is 0 Å². The molecule has 0 bridgehead atoms. The third-order valence-corrected chi connectivity index (χ3v) is 4.90. The monoisotopic (exact) mass is 382 g/mol. The highest BCUT2D eigenvalue weighted by molar-refractivity contribution is 5.26. The molecular weight excluding hydrogens is 348 g/mol. The van der Waals surface area contributed by atoms with Gasteiger partial charge in [0.05, 0.1) is 12.7 Å². The average Bonchev–Trinajstić information content (AvgIpc) is 3.08. The number of aliphatic hydroxyl groups is 1. The van der Waals surface area contributed by atoms with Gasteiger partial charge in [-0.1, -0.05) is 44.0 Å². The summed E-state index contributed by atoms with van der Waals surface area (Å²) in [5.41, 5.74) is 3.89. The first-order valence-electron chi connectivity index (χ1n) is 10.1. The maximum atomic E-state index is 10.3. The second-order valence-corrected chi connectivity index (χ2v) is 7.84. The lowest BCUT2D eigenvalue weighted by Crippen LogP contribution is -2.36. The van der Waals surface area contributed by atoms with Crippen LogP contribution in [0.2, 0.25) is 0 Å². The Morgan fingerprint density at radius 1 is 1.21 bits per heavy atom. The van der Waals surface area contributed by atoms with Crippen LogP contribution in [0.25, 0.3) is 0 Å². The van der Waals surface area contributed by atoms with E-state index in [0.29, 0.717) is 12.5 Å². The molecule has 0 amide bonds. The Bertz CT molecular complexity index is 745. The van der Waals surface area contributed by atoms with Gasteiger partial charge in [0, 0.05) is 31.5 Å². The fraction of sp³-hybridized carbons (Fsp3) is 0.500. The van der Waals surface area contributed by atoms with Crippen LogP contribution in [0.4, 0.5) is 0 Å². The molecule has 0 saturated heterocycles. The Balaban J connectivity index is 2.03. The van der Waals surface area contributed by atoms with Crippen LogP contribution < -0.4 is 0 Å². The molecule has 0 unspecified atom stereocenters. The molecule has 4 nitrogen and oxygen atoms in total. The molecule has 0 aliphatic carbocycles. The van der Waals surface area contributed by atoms with Crippen LogP contribution >= 0.6 is 0 Å². The van der Waals surface area contributed by atoms with Crippen LogP contribution in [0, 0.1) is 25.2 Å². The Morgan fingerprint density at radius 3 is 2.71 bits per heavy atom. The smallest absolute Gasteiger partial charge is 0.107 e. The fourth-order valence-electron chi connectivity index (χ4n) is 3.23. The molecule has 1 N–H and O–H groups in total. The summed E-state index contributed by atoms with van der Waals surface area (Å²) in [6.07, 6.45) is 7.89. The summed E-state index contributed by atoms with van der Waals surface area (Å²) in [7, 11) is 0. The Hall–Kier alpha value is -2.06. The van der Waals surface area contributed by atoms with Gasteiger partial charge in [-0.05, 0) is 49.1 Å². The maximum Gasteiger partial charge on any atom is 0.107 e. The summed E-state index contributed by atoms with van der Waals surface area (Å²) in [5, 5.41) is 10.3. The van der Waals surface area contributed by atoms with Gasteiger partial charge < -0.3 is 14.4 Å². The molecule has 0 aliphatic rings. The second-order valence-electron chi connectivity index (χ2n) is 7.84. The van der Waals surface area contributed by atoms with Crippen molar-refractivity contribution in [1.82, 2.24) is 9.47 Å². The predicted molar refractivity (Wildman–Crippen MR) is 115 cm³/mol. The zero-order chi connectivity index (χ0) is 20.4. The Morgan fingerprint density at radius 2 is 2.00 bits per heavy atom. The fourth-order valence-corrected chi connectivity index (χ4v) is 3.23. The third kappa shape index (κ3) is 7.52. The van der Waals surface area contributed by atoms with E-state index in [1.54, 1.807) is 0 Å². The minimum Gasteiger partial charge on any atom is -0.389 e. The Kier molecular flexibility index (Phi) is 9.30. The number of rotatable bonds is 12. The molecule has 0 aliphatic heterocycles. The van der Waals surface area contributed by atoms with E-state index in [1.165, 1.54) is 16.8 Å². The molecule has 0 spiro atoms. The molecule has 1 aromatic carbocycles.